The molecule has 9 heteroatoms. The van der Waals surface area contributed by atoms with Crippen LogP contribution < -0.4 is 4.90 Å². The van der Waals surface area contributed by atoms with E-state index in [-0.39, 0.29) is 17.8 Å². The van der Waals surface area contributed by atoms with Gasteiger partial charge in [-0.2, -0.15) is 4.98 Å². The molecule has 0 amide bonds. The molecule has 1 unspecified atom stereocenters. The summed E-state index contributed by atoms with van der Waals surface area (Å²) in [5, 5.41) is 0.620. The van der Waals surface area contributed by atoms with Gasteiger partial charge in [-0.1, -0.05) is 0 Å². The average molecular weight is 450 g/mol. The van der Waals surface area contributed by atoms with Gasteiger partial charge in [-0.05, 0) is 44.5 Å². The van der Waals surface area contributed by atoms with Crippen LogP contribution >= 0.6 is 0 Å². The summed E-state index contributed by atoms with van der Waals surface area (Å²) in [4.78, 5) is 20.6. The number of aromatic nitrogens is 5. The van der Waals surface area contributed by atoms with E-state index in [1.807, 2.05) is 49.5 Å². The molecule has 0 saturated carbocycles. The van der Waals surface area contributed by atoms with Gasteiger partial charge in [0.05, 0.1) is 30.4 Å². The normalized spacial score (nSPS) is 18.8. The van der Waals surface area contributed by atoms with Gasteiger partial charge in [0, 0.05) is 42.5 Å². The second kappa shape index (κ2) is 8.15. The fourth-order valence-electron chi connectivity index (χ4n) is 4.14. The Morgan fingerprint density at radius 3 is 2.61 bits per heavy atom. The lowest BCUT2D eigenvalue weighted by atomic mass is 10.1. The molecule has 5 rings (SSSR count). The monoisotopic (exact) mass is 450 g/mol. The topological polar surface area (TPSA) is 69.0 Å². The predicted octanol–water partition coefficient (Wildman–Crippen LogP) is 4.29. The third-order valence-electron chi connectivity index (χ3n) is 5.90. The Bertz CT molecular complexity index is 1350. The van der Waals surface area contributed by atoms with E-state index < -0.39 is 11.6 Å². The van der Waals surface area contributed by atoms with Gasteiger partial charge < -0.3 is 14.2 Å². The van der Waals surface area contributed by atoms with E-state index >= 15 is 0 Å². The fraction of sp³-hybridized carbons (Fsp3) is 0.333. The van der Waals surface area contributed by atoms with Gasteiger partial charge in [-0.25, -0.2) is 23.7 Å². The highest BCUT2D eigenvalue weighted by atomic mass is 19.1. The van der Waals surface area contributed by atoms with Crippen molar-refractivity contribution in [1.29, 1.82) is 0 Å². The number of halogens is 2. The molecule has 4 aromatic rings. The van der Waals surface area contributed by atoms with Crippen molar-refractivity contribution in [2.45, 2.75) is 33.0 Å². The maximum atomic E-state index is 14.8. The Hall–Kier alpha value is -3.46. The number of hydrogen-bond donors (Lipinski definition) is 0. The molecule has 0 radical (unpaired) electrons. The van der Waals surface area contributed by atoms with Crippen LogP contribution in [0.3, 0.4) is 0 Å². The maximum Gasteiger partial charge on any atom is 0.228 e. The number of nitrogens with zero attached hydrogens (tertiary/aromatic N) is 6. The van der Waals surface area contributed by atoms with E-state index in [0.29, 0.717) is 35.8 Å². The van der Waals surface area contributed by atoms with Crippen LogP contribution in [0.2, 0.25) is 0 Å². The van der Waals surface area contributed by atoms with Crippen LogP contribution in [-0.2, 0) is 11.8 Å². The molecule has 0 spiro atoms. The van der Waals surface area contributed by atoms with Gasteiger partial charge in [-0.15, -0.1) is 0 Å². The lowest BCUT2D eigenvalue weighted by Crippen LogP contribution is -2.43. The van der Waals surface area contributed by atoms with Gasteiger partial charge in [0.1, 0.15) is 17.7 Å². The zero-order valence-corrected chi connectivity index (χ0v) is 18.9. The number of imidazole rings is 1. The van der Waals surface area contributed by atoms with Gasteiger partial charge in [-0.3, -0.25) is 0 Å². The van der Waals surface area contributed by atoms with Crippen LogP contribution in [0.1, 0.15) is 30.0 Å². The van der Waals surface area contributed by atoms with Crippen LogP contribution in [0, 0.1) is 25.5 Å². The van der Waals surface area contributed by atoms with E-state index in [0.717, 1.165) is 23.0 Å². The second-order valence-electron chi connectivity index (χ2n) is 8.56. The van der Waals surface area contributed by atoms with Crippen LogP contribution in [0.25, 0.3) is 22.3 Å². The summed E-state index contributed by atoms with van der Waals surface area (Å²) >= 11 is 0. The number of rotatable bonds is 3. The number of benzene rings is 1. The molecular weight excluding hydrogens is 426 g/mol. The van der Waals surface area contributed by atoms with E-state index in [1.165, 1.54) is 12.1 Å². The summed E-state index contributed by atoms with van der Waals surface area (Å²) in [5.41, 5.74) is 3.66. The molecule has 0 bridgehead atoms. The number of morpholine rings is 1. The van der Waals surface area contributed by atoms with Gasteiger partial charge in [0.2, 0.25) is 5.95 Å². The first kappa shape index (κ1) is 21.4. The van der Waals surface area contributed by atoms with E-state index in [2.05, 4.69) is 9.97 Å². The highest BCUT2D eigenvalue weighted by Crippen LogP contribution is 2.33. The molecule has 7 nitrogen and oxygen atoms in total. The largest absolute Gasteiger partial charge is 0.365 e. The number of aryl methyl sites for hydroxylation is 3. The highest BCUT2D eigenvalue weighted by molar-refractivity contribution is 5.92. The van der Waals surface area contributed by atoms with Crippen LogP contribution in [0.15, 0.2) is 36.8 Å². The minimum Gasteiger partial charge on any atom is -0.365 e. The van der Waals surface area contributed by atoms with Crippen molar-refractivity contribution in [3.63, 3.8) is 0 Å². The third kappa shape index (κ3) is 4.04. The molecule has 1 saturated heterocycles. The SMILES string of the molecule is Cc1cc2c(-c3ccc(F)cc3F)nc(N3CC(c4cn(C)cn4)O[C@H](C)C3)nc2nc1C. The number of hydrogen-bond acceptors (Lipinski definition) is 6. The van der Waals surface area contributed by atoms with Crippen molar-refractivity contribution in [3.8, 4) is 11.3 Å². The molecule has 33 heavy (non-hydrogen) atoms. The lowest BCUT2D eigenvalue weighted by Gasteiger charge is -2.36. The van der Waals surface area contributed by atoms with Crippen LogP contribution in [0.4, 0.5) is 14.7 Å². The van der Waals surface area contributed by atoms with Crippen molar-refractivity contribution < 1.29 is 13.5 Å². The molecule has 4 heterocycles. The van der Waals surface area contributed by atoms with Crippen molar-refractivity contribution in [3.05, 3.63) is 65.4 Å². The standard InChI is InChI=1S/C24H24F2N6O/c1-13-7-18-22(17-6-5-16(25)8-19(17)26)29-24(30-23(18)28-15(13)3)32-9-14(2)33-21(11-32)20-10-31(4)12-27-20/h5-8,10,12,14,21H,9,11H2,1-4H3/t14-,21?/m1/s1. The molecule has 2 atom stereocenters. The first-order valence-electron chi connectivity index (χ1n) is 10.8. The number of ether oxygens (including phenoxy) is 1. The summed E-state index contributed by atoms with van der Waals surface area (Å²) in [5.74, 6) is -0.894. The minimum atomic E-state index is -0.680. The average Bonchev–Trinajstić information content (AvgIpc) is 3.20. The summed E-state index contributed by atoms with van der Waals surface area (Å²) in [6.45, 7) is 6.87. The van der Waals surface area contributed by atoms with Crippen LogP contribution in [0.5, 0.6) is 0 Å². The summed E-state index contributed by atoms with van der Waals surface area (Å²) in [6.07, 6.45) is 3.31. The van der Waals surface area contributed by atoms with Gasteiger partial charge >= 0.3 is 0 Å². The second-order valence-corrected chi connectivity index (χ2v) is 8.56. The van der Waals surface area contributed by atoms with E-state index in [4.69, 9.17) is 14.7 Å². The molecule has 1 aliphatic heterocycles. The van der Waals surface area contributed by atoms with Gasteiger partial charge in [0.25, 0.3) is 0 Å². The lowest BCUT2D eigenvalue weighted by molar-refractivity contribution is -0.0198. The predicted molar refractivity (Wildman–Crippen MR) is 121 cm³/mol. The molecule has 1 aliphatic rings. The minimum absolute atomic E-state index is 0.0937. The van der Waals surface area contributed by atoms with Gasteiger partial charge in [0.15, 0.2) is 5.65 Å². The van der Waals surface area contributed by atoms with Crippen LogP contribution in [-0.4, -0.2) is 43.7 Å². The first-order valence-corrected chi connectivity index (χ1v) is 10.8. The molecule has 170 valence electrons. The molecule has 0 aliphatic carbocycles. The fourth-order valence-corrected chi connectivity index (χ4v) is 4.14. The first-order chi connectivity index (χ1) is 15.8. The Labute approximate surface area is 190 Å². The Morgan fingerprint density at radius 2 is 1.88 bits per heavy atom. The van der Waals surface area contributed by atoms with Crippen molar-refractivity contribution in [1.82, 2.24) is 24.5 Å². The zero-order valence-electron chi connectivity index (χ0n) is 18.9. The van der Waals surface area contributed by atoms with Crippen molar-refractivity contribution in [2.24, 2.45) is 7.05 Å². The Morgan fingerprint density at radius 1 is 1.06 bits per heavy atom. The highest BCUT2D eigenvalue weighted by Gasteiger charge is 2.30. The summed E-state index contributed by atoms with van der Waals surface area (Å²) in [7, 11) is 1.91. The summed E-state index contributed by atoms with van der Waals surface area (Å²) in [6, 6.07) is 5.40. The van der Waals surface area contributed by atoms with E-state index in [1.54, 1.807) is 6.33 Å². The zero-order chi connectivity index (χ0) is 23.3. The van der Waals surface area contributed by atoms with E-state index in [9.17, 15) is 8.78 Å². The van der Waals surface area contributed by atoms with Crippen molar-refractivity contribution in [2.75, 3.05) is 18.0 Å². The molecule has 0 N–H and O–H groups in total. The molecular formula is C24H24F2N6O. The number of fused-ring (bicyclic) bond motifs is 1. The third-order valence-corrected chi connectivity index (χ3v) is 5.90. The molecule has 1 fully saturated rings. The Kier molecular flexibility index (Phi) is 5.28. The number of pyridine rings is 1. The number of anilines is 1. The van der Waals surface area contributed by atoms with Crippen molar-refractivity contribution >= 4 is 17.0 Å². The molecule has 3 aromatic heterocycles. The summed E-state index contributed by atoms with van der Waals surface area (Å²) < 4.78 is 36.4. The smallest absolute Gasteiger partial charge is 0.228 e. The maximum absolute atomic E-state index is 14.8. The quantitative estimate of drug-likeness (QED) is 0.464. The molecule has 1 aromatic carbocycles. The Balaban J connectivity index is 1.64.